The van der Waals surface area contributed by atoms with E-state index in [2.05, 4.69) is 25.8 Å². The number of aryl methyl sites for hydroxylation is 1. The van der Waals surface area contributed by atoms with Gasteiger partial charge in [0.05, 0.1) is 21.9 Å². The summed E-state index contributed by atoms with van der Waals surface area (Å²) in [4.78, 5) is 4.36. The third-order valence-corrected chi connectivity index (χ3v) is 3.90. The first-order valence-electron chi connectivity index (χ1n) is 6.86. The van der Waals surface area contributed by atoms with Crippen LogP contribution in [0.3, 0.4) is 0 Å². The zero-order valence-electron chi connectivity index (χ0n) is 12.2. The lowest BCUT2D eigenvalue weighted by atomic mass is 10.2. The lowest BCUT2D eigenvalue weighted by molar-refractivity contribution is 0.982. The molecule has 23 heavy (non-hydrogen) atoms. The Labute approximate surface area is 143 Å². The molecule has 0 aliphatic heterocycles. The maximum Gasteiger partial charge on any atom is 0.249 e. The number of nitrogens with zero attached hydrogens (tertiary/aromatic N) is 3. The normalized spacial score (nSPS) is 10.4. The van der Waals surface area contributed by atoms with Crippen LogP contribution in [0.25, 0.3) is 0 Å². The van der Waals surface area contributed by atoms with E-state index in [1.165, 1.54) is 5.56 Å². The maximum atomic E-state index is 6.14. The molecule has 3 rings (SSSR count). The minimum Gasteiger partial charge on any atom is -0.339 e. The molecule has 0 atom stereocenters. The summed E-state index contributed by atoms with van der Waals surface area (Å²) in [5.74, 6) is 0.899. The molecule has 5 nitrogen and oxygen atoms in total. The van der Waals surface area contributed by atoms with Crippen molar-refractivity contribution in [2.75, 3.05) is 10.6 Å². The summed E-state index contributed by atoms with van der Waals surface area (Å²) in [5.41, 5.74) is 2.73. The zero-order chi connectivity index (χ0) is 16.2. The van der Waals surface area contributed by atoms with Crippen LogP contribution in [0, 0.1) is 6.92 Å². The van der Waals surface area contributed by atoms with E-state index in [1.54, 1.807) is 24.4 Å². The van der Waals surface area contributed by atoms with Gasteiger partial charge in [0.2, 0.25) is 5.95 Å². The molecular formula is C16H13Cl2N5. The number of benzene rings is 2. The van der Waals surface area contributed by atoms with Crippen LogP contribution in [0.4, 0.5) is 23.1 Å². The number of aromatic nitrogens is 3. The molecule has 0 saturated heterocycles. The van der Waals surface area contributed by atoms with Gasteiger partial charge in [0.15, 0.2) is 5.82 Å². The van der Waals surface area contributed by atoms with Crippen LogP contribution in [0.15, 0.2) is 48.7 Å². The Morgan fingerprint density at radius 1 is 0.957 bits per heavy atom. The third-order valence-electron chi connectivity index (χ3n) is 3.08. The van der Waals surface area contributed by atoms with Crippen LogP contribution in [-0.2, 0) is 0 Å². The fraction of sp³-hybridized carbons (Fsp3) is 0.0625. The molecule has 0 unspecified atom stereocenters. The van der Waals surface area contributed by atoms with Gasteiger partial charge in [-0.25, -0.2) is 0 Å². The Morgan fingerprint density at radius 2 is 1.74 bits per heavy atom. The molecule has 0 spiro atoms. The monoisotopic (exact) mass is 345 g/mol. The first-order chi connectivity index (χ1) is 11.1. The lowest BCUT2D eigenvalue weighted by Crippen LogP contribution is -2.02. The Bertz CT molecular complexity index is 821. The van der Waals surface area contributed by atoms with Gasteiger partial charge in [-0.05, 0) is 31.2 Å². The van der Waals surface area contributed by atoms with E-state index < -0.39 is 0 Å². The average Bonchev–Trinajstić information content (AvgIpc) is 2.54. The molecular weight excluding hydrogens is 333 g/mol. The molecule has 0 aliphatic carbocycles. The van der Waals surface area contributed by atoms with E-state index in [1.807, 2.05) is 31.2 Å². The van der Waals surface area contributed by atoms with Gasteiger partial charge in [0.25, 0.3) is 0 Å². The summed E-state index contributed by atoms with van der Waals surface area (Å²) >= 11 is 12.1. The van der Waals surface area contributed by atoms with Crippen LogP contribution in [0.5, 0.6) is 0 Å². The largest absolute Gasteiger partial charge is 0.339 e. The minimum absolute atomic E-state index is 0.325. The molecule has 1 aromatic heterocycles. The fourth-order valence-electron chi connectivity index (χ4n) is 1.92. The van der Waals surface area contributed by atoms with Crippen molar-refractivity contribution in [2.24, 2.45) is 0 Å². The van der Waals surface area contributed by atoms with Crippen LogP contribution in [-0.4, -0.2) is 15.2 Å². The van der Waals surface area contributed by atoms with E-state index in [0.717, 1.165) is 5.69 Å². The second kappa shape index (κ2) is 6.81. The standard InChI is InChI=1S/C16H13Cl2N5/c1-10-5-7-11(8-6-10)20-14-9-19-23-16(22-14)21-13-4-2-3-12(17)15(13)18/h2-9H,1H3,(H2,20,21,22,23). The highest BCUT2D eigenvalue weighted by Crippen LogP contribution is 2.31. The van der Waals surface area contributed by atoms with Crippen molar-refractivity contribution in [1.29, 1.82) is 0 Å². The first-order valence-corrected chi connectivity index (χ1v) is 7.62. The maximum absolute atomic E-state index is 6.14. The van der Waals surface area contributed by atoms with E-state index in [4.69, 9.17) is 23.2 Å². The van der Waals surface area contributed by atoms with Gasteiger partial charge in [0, 0.05) is 5.69 Å². The summed E-state index contributed by atoms with van der Waals surface area (Å²) in [6.07, 6.45) is 1.55. The Morgan fingerprint density at radius 3 is 2.52 bits per heavy atom. The summed E-state index contributed by atoms with van der Waals surface area (Å²) in [6.45, 7) is 2.03. The van der Waals surface area contributed by atoms with E-state index in [0.29, 0.717) is 27.5 Å². The van der Waals surface area contributed by atoms with Gasteiger partial charge >= 0.3 is 0 Å². The van der Waals surface area contributed by atoms with Crippen LogP contribution >= 0.6 is 23.2 Å². The number of hydrogen-bond acceptors (Lipinski definition) is 5. The van der Waals surface area contributed by atoms with Crippen molar-refractivity contribution in [1.82, 2.24) is 15.2 Å². The first kappa shape index (κ1) is 15.5. The number of hydrogen-bond donors (Lipinski definition) is 2. The molecule has 2 N–H and O–H groups in total. The van der Waals surface area contributed by atoms with Crippen molar-refractivity contribution in [2.45, 2.75) is 6.92 Å². The lowest BCUT2D eigenvalue weighted by Gasteiger charge is -2.09. The summed E-state index contributed by atoms with van der Waals surface area (Å²) in [5, 5.41) is 14.9. The number of nitrogens with one attached hydrogen (secondary N) is 2. The molecule has 0 radical (unpaired) electrons. The quantitative estimate of drug-likeness (QED) is 0.698. The second-order valence-electron chi connectivity index (χ2n) is 4.88. The fourth-order valence-corrected chi connectivity index (χ4v) is 2.27. The average molecular weight is 346 g/mol. The molecule has 0 aliphatic rings. The van der Waals surface area contributed by atoms with Crippen molar-refractivity contribution in [3.8, 4) is 0 Å². The zero-order valence-corrected chi connectivity index (χ0v) is 13.7. The highest BCUT2D eigenvalue weighted by atomic mass is 35.5. The van der Waals surface area contributed by atoms with Crippen molar-refractivity contribution in [3.63, 3.8) is 0 Å². The van der Waals surface area contributed by atoms with Crippen LogP contribution in [0.2, 0.25) is 10.0 Å². The predicted octanol–water partition coefficient (Wildman–Crippen LogP) is 4.97. The molecule has 3 aromatic rings. The van der Waals surface area contributed by atoms with Gasteiger partial charge in [-0.2, -0.15) is 10.1 Å². The summed E-state index contributed by atoms with van der Waals surface area (Å²) in [7, 11) is 0. The number of anilines is 4. The van der Waals surface area contributed by atoms with Crippen LogP contribution < -0.4 is 10.6 Å². The highest BCUT2D eigenvalue weighted by molar-refractivity contribution is 6.43. The molecule has 0 fully saturated rings. The molecule has 116 valence electrons. The molecule has 1 heterocycles. The molecule has 7 heteroatoms. The Hall–Kier alpha value is -2.37. The van der Waals surface area contributed by atoms with Gasteiger partial charge < -0.3 is 10.6 Å². The molecule has 2 aromatic carbocycles. The van der Waals surface area contributed by atoms with Gasteiger partial charge in [0.1, 0.15) is 0 Å². The third kappa shape index (κ3) is 3.88. The van der Waals surface area contributed by atoms with Gasteiger partial charge in [-0.3, -0.25) is 0 Å². The van der Waals surface area contributed by atoms with Crippen molar-refractivity contribution < 1.29 is 0 Å². The molecule has 0 amide bonds. The van der Waals surface area contributed by atoms with Crippen molar-refractivity contribution >= 4 is 46.3 Å². The second-order valence-corrected chi connectivity index (χ2v) is 5.67. The van der Waals surface area contributed by atoms with Crippen LogP contribution in [0.1, 0.15) is 5.56 Å². The molecule has 0 saturated carbocycles. The van der Waals surface area contributed by atoms with Gasteiger partial charge in [-0.15, -0.1) is 5.10 Å². The van der Waals surface area contributed by atoms with Gasteiger partial charge in [-0.1, -0.05) is 47.0 Å². The minimum atomic E-state index is 0.325. The SMILES string of the molecule is Cc1ccc(Nc2cnnc(Nc3cccc(Cl)c3Cl)n2)cc1. The summed E-state index contributed by atoms with van der Waals surface area (Å²) < 4.78 is 0. The van der Waals surface area contributed by atoms with E-state index >= 15 is 0 Å². The highest BCUT2D eigenvalue weighted by Gasteiger charge is 2.07. The van der Waals surface area contributed by atoms with E-state index in [-0.39, 0.29) is 0 Å². The predicted molar refractivity (Wildman–Crippen MR) is 94.0 cm³/mol. The Kier molecular flexibility index (Phi) is 4.60. The Balaban J connectivity index is 1.79. The number of halogens is 2. The summed E-state index contributed by atoms with van der Waals surface area (Å²) in [6, 6.07) is 13.3. The van der Waals surface area contributed by atoms with E-state index in [9.17, 15) is 0 Å². The van der Waals surface area contributed by atoms with Crippen molar-refractivity contribution in [3.05, 3.63) is 64.3 Å². The molecule has 0 bridgehead atoms. The topological polar surface area (TPSA) is 62.7 Å². The smallest absolute Gasteiger partial charge is 0.249 e. The number of rotatable bonds is 4.